The molecule has 26 heavy (non-hydrogen) atoms. The van der Waals surface area contributed by atoms with Gasteiger partial charge in [-0.15, -0.1) is 0 Å². The summed E-state index contributed by atoms with van der Waals surface area (Å²) in [5, 5.41) is 16.0. The van der Waals surface area contributed by atoms with E-state index in [1.807, 2.05) is 37.3 Å². The molecule has 6 nitrogen and oxygen atoms in total. The van der Waals surface area contributed by atoms with Gasteiger partial charge >= 0.3 is 0 Å². The lowest BCUT2D eigenvalue weighted by Gasteiger charge is -2.22. The minimum Gasteiger partial charge on any atom is -0.505 e. The summed E-state index contributed by atoms with van der Waals surface area (Å²) in [5.74, 6) is -0.267. The Hall–Kier alpha value is -3.41. The van der Waals surface area contributed by atoms with Crippen molar-refractivity contribution in [1.29, 1.82) is 0 Å². The Morgan fingerprint density at radius 3 is 2.35 bits per heavy atom. The van der Waals surface area contributed by atoms with Crippen molar-refractivity contribution in [2.75, 3.05) is 10.6 Å². The highest BCUT2D eigenvalue weighted by molar-refractivity contribution is 5.87. The minimum atomic E-state index is -0.661. The first-order chi connectivity index (χ1) is 12.6. The number of benzene rings is 2. The number of anilines is 3. The predicted molar refractivity (Wildman–Crippen MR) is 101 cm³/mol. The van der Waals surface area contributed by atoms with Crippen LogP contribution < -0.4 is 21.5 Å². The number of rotatable bonds is 7. The molecular formula is C20H18N2O4. The summed E-state index contributed by atoms with van der Waals surface area (Å²) in [5.41, 5.74) is 0.291. The summed E-state index contributed by atoms with van der Waals surface area (Å²) in [6.07, 6.45) is 1.23. The number of nitrogens with one attached hydrogen (secondary N) is 2. The van der Waals surface area contributed by atoms with Crippen LogP contribution in [0.4, 0.5) is 17.1 Å². The first-order valence-electron chi connectivity index (χ1n) is 8.25. The van der Waals surface area contributed by atoms with Crippen LogP contribution in [0.5, 0.6) is 5.75 Å². The molecule has 1 atom stereocenters. The second kappa shape index (κ2) is 7.23. The lowest BCUT2D eigenvalue weighted by Crippen LogP contribution is -2.37. The largest absolute Gasteiger partial charge is 0.505 e. The number of hydrogen-bond donors (Lipinski definition) is 3. The lowest BCUT2D eigenvalue weighted by molar-refractivity contribution is 0.112. The van der Waals surface area contributed by atoms with E-state index in [1.165, 1.54) is 12.1 Å². The van der Waals surface area contributed by atoms with Gasteiger partial charge in [0.05, 0.1) is 17.3 Å². The zero-order chi connectivity index (χ0) is 18.7. The smallest absolute Gasteiger partial charge is 0.253 e. The zero-order valence-corrected chi connectivity index (χ0v) is 14.2. The number of hydrogen-bond acceptors (Lipinski definition) is 6. The maximum Gasteiger partial charge on any atom is 0.253 e. The highest BCUT2D eigenvalue weighted by atomic mass is 16.3. The topological polar surface area (TPSA) is 95.5 Å². The van der Waals surface area contributed by atoms with Crippen molar-refractivity contribution in [3.8, 4) is 5.75 Å². The fraction of sp³-hybridized carbons (Fsp3) is 0.150. The van der Waals surface area contributed by atoms with Crippen LogP contribution in [-0.4, -0.2) is 11.4 Å². The maximum atomic E-state index is 12.0. The van der Waals surface area contributed by atoms with Crippen molar-refractivity contribution in [3.63, 3.8) is 0 Å². The molecule has 0 heterocycles. The van der Waals surface area contributed by atoms with Crippen LogP contribution in [0.1, 0.15) is 35.3 Å². The molecule has 0 bridgehead atoms. The Bertz CT molecular complexity index is 1000. The van der Waals surface area contributed by atoms with Crippen molar-refractivity contribution in [3.05, 3.63) is 80.1 Å². The number of phenolic OH excluding ortho intramolecular Hbond substituents is 1. The van der Waals surface area contributed by atoms with Gasteiger partial charge in [0.1, 0.15) is 17.1 Å². The fourth-order valence-electron chi connectivity index (χ4n) is 2.82. The van der Waals surface area contributed by atoms with Gasteiger partial charge in [-0.3, -0.25) is 14.4 Å². The SMILES string of the molecule is CC[C@@H](Nc1c(Nc2cccc(C=O)c2O)c(=O)c1=O)c1ccccc1. The summed E-state index contributed by atoms with van der Waals surface area (Å²) in [7, 11) is 0. The second-order valence-corrected chi connectivity index (χ2v) is 5.91. The molecule has 0 aliphatic rings. The van der Waals surface area contributed by atoms with Crippen LogP contribution >= 0.6 is 0 Å². The van der Waals surface area contributed by atoms with Gasteiger partial charge in [-0.25, -0.2) is 0 Å². The number of carbonyl (C=O) groups is 1. The molecule has 3 aromatic carbocycles. The van der Waals surface area contributed by atoms with Gasteiger partial charge in [-0.2, -0.15) is 0 Å². The second-order valence-electron chi connectivity index (χ2n) is 5.91. The molecule has 0 saturated carbocycles. The third-order valence-corrected chi connectivity index (χ3v) is 4.29. The van der Waals surface area contributed by atoms with Crippen LogP contribution in [0.15, 0.2) is 58.1 Å². The summed E-state index contributed by atoms with van der Waals surface area (Å²) < 4.78 is 0. The van der Waals surface area contributed by atoms with Crippen molar-refractivity contribution < 1.29 is 9.90 Å². The van der Waals surface area contributed by atoms with Crippen LogP contribution in [0, 0.1) is 0 Å². The minimum absolute atomic E-state index is 0.0859. The summed E-state index contributed by atoms with van der Waals surface area (Å²) >= 11 is 0. The molecule has 6 heteroatoms. The van der Waals surface area contributed by atoms with Gasteiger partial charge in [-0.05, 0) is 24.1 Å². The van der Waals surface area contributed by atoms with E-state index in [0.29, 0.717) is 12.7 Å². The third-order valence-electron chi connectivity index (χ3n) is 4.29. The first-order valence-corrected chi connectivity index (χ1v) is 8.25. The van der Waals surface area contributed by atoms with Crippen LogP contribution in [-0.2, 0) is 0 Å². The standard InChI is InChI=1S/C20H18N2O4/c1-2-14(12-7-4-3-5-8-12)21-16-17(20(26)19(16)25)22-15-10-6-9-13(11-23)18(15)24/h3-11,14,21-22,24H,2H2,1H3/t14-/m1/s1. The quantitative estimate of drug-likeness (QED) is 0.344. The molecule has 0 fully saturated rings. The van der Waals surface area contributed by atoms with Gasteiger partial charge in [0.15, 0.2) is 6.29 Å². The average molecular weight is 350 g/mol. The Labute approximate surface area is 149 Å². The molecule has 0 amide bonds. The van der Waals surface area contributed by atoms with E-state index in [1.54, 1.807) is 6.07 Å². The molecule has 3 N–H and O–H groups in total. The highest BCUT2D eigenvalue weighted by Crippen LogP contribution is 2.32. The van der Waals surface area contributed by atoms with Gasteiger partial charge in [-0.1, -0.05) is 43.3 Å². The number of aromatic hydroxyl groups is 1. The number of aldehydes is 1. The van der Waals surface area contributed by atoms with Crippen molar-refractivity contribution in [2.45, 2.75) is 19.4 Å². The van der Waals surface area contributed by atoms with Gasteiger partial charge in [0, 0.05) is 0 Å². The maximum absolute atomic E-state index is 12.0. The monoisotopic (exact) mass is 350 g/mol. The van der Waals surface area contributed by atoms with E-state index < -0.39 is 10.9 Å². The van der Waals surface area contributed by atoms with Crippen LogP contribution in [0.2, 0.25) is 0 Å². The van der Waals surface area contributed by atoms with E-state index in [-0.39, 0.29) is 34.4 Å². The van der Waals surface area contributed by atoms with Crippen molar-refractivity contribution in [2.24, 2.45) is 0 Å². The van der Waals surface area contributed by atoms with E-state index >= 15 is 0 Å². The molecular weight excluding hydrogens is 332 g/mol. The number of phenols is 1. The Morgan fingerprint density at radius 2 is 1.69 bits per heavy atom. The molecule has 0 aromatic heterocycles. The molecule has 3 rings (SSSR count). The Balaban J connectivity index is 1.90. The molecule has 0 unspecified atom stereocenters. The van der Waals surface area contributed by atoms with Gasteiger partial charge in [0.2, 0.25) is 0 Å². The van der Waals surface area contributed by atoms with Crippen molar-refractivity contribution in [1.82, 2.24) is 0 Å². The summed E-state index contributed by atoms with van der Waals surface area (Å²) in [6.45, 7) is 1.97. The molecule has 3 aromatic rings. The fourth-order valence-corrected chi connectivity index (χ4v) is 2.82. The van der Waals surface area contributed by atoms with Crippen molar-refractivity contribution >= 4 is 23.3 Å². The number of carbonyl (C=O) groups excluding carboxylic acids is 1. The molecule has 0 radical (unpaired) electrons. The number of para-hydroxylation sites is 1. The third kappa shape index (κ3) is 3.09. The Morgan fingerprint density at radius 1 is 1.00 bits per heavy atom. The van der Waals surface area contributed by atoms with E-state index in [0.717, 1.165) is 5.56 Å². The summed E-state index contributed by atoms with van der Waals surface area (Å²) in [6, 6.07) is 14.0. The predicted octanol–water partition coefficient (Wildman–Crippen LogP) is 3.11. The highest BCUT2D eigenvalue weighted by Gasteiger charge is 2.24. The van der Waals surface area contributed by atoms with Crippen LogP contribution in [0.25, 0.3) is 0 Å². The molecule has 0 spiro atoms. The first kappa shape index (κ1) is 17.4. The van der Waals surface area contributed by atoms with E-state index in [2.05, 4.69) is 10.6 Å². The normalized spacial score (nSPS) is 11.9. The Kier molecular flexibility index (Phi) is 4.84. The average Bonchev–Trinajstić information content (AvgIpc) is 2.69. The van der Waals surface area contributed by atoms with Crippen LogP contribution in [0.3, 0.4) is 0 Å². The summed E-state index contributed by atoms with van der Waals surface area (Å²) in [4.78, 5) is 34.9. The molecule has 0 aliphatic carbocycles. The molecule has 0 saturated heterocycles. The van der Waals surface area contributed by atoms with Gasteiger partial charge < -0.3 is 15.7 Å². The van der Waals surface area contributed by atoms with E-state index in [9.17, 15) is 19.5 Å². The lowest BCUT2D eigenvalue weighted by atomic mass is 10.0. The van der Waals surface area contributed by atoms with Gasteiger partial charge in [0.25, 0.3) is 10.9 Å². The molecule has 132 valence electrons. The zero-order valence-electron chi connectivity index (χ0n) is 14.2. The molecule has 0 aliphatic heterocycles. The van der Waals surface area contributed by atoms with E-state index in [4.69, 9.17) is 0 Å².